The van der Waals surface area contributed by atoms with Gasteiger partial charge < -0.3 is 8.85 Å². The molecule has 0 saturated carbocycles. The Hall–Kier alpha value is -0.453. The minimum absolute atomic E-state index is 0.143. The average molecular weight is 244 g/mol. The van der Waals surface area contributed by atoms with Crippen LogP contribution >= 0.6 is 0 Å². The number of hydrogen-bond acceptors (Lipinski definition) is 3. The summed E-state index contributed by atoms with van der Waals surface area (Å²) in [4.78, 5) is 11.4. The van der Waals surface area contributed by atoms with Crippen molar-refractivity contribution in [2.75, 3.05) is 13.2 Å². The van der Waals surface area contributed by atoms with Gasteiger partial charge in [-0.2, -0.15) is 0 Å². The molecule has 0 amide bonds. The van der Waals surface area contributed by atoms with Gasteiger partial charge >= 0.3 is 8.56 Å². The molecular weight excluding hydrogens is 220 g/mol. The molecule has 0 aliphatic carbocycles. The van der Waals surface area contributed by atoms with Crippen LogP contribution in [0.5, 0.6) is 0 Å². The number of ketones is 1. The number of rotatable bonds is 9. The highest BCUT2D eigenvalue weighted by Gasteiger charge is 2.30. The zero-order chi connectivity index (χ0) is 12.6. The van der Waals surface area contributed by atoms with Crippen LogP contribution in [0.25, 0.3) is 0 Å². The van der Waals surface area contributed by atoms with Crippen LogP contribution in [0.3, 0.4) is 0 Å². The Bertz CT molecular complexity index is 232. The maximum Gasteiger partial charge on any atom is 0.334 e. The highest BCUT2D eigenvalue weighted by atomic mass is 28.4. The lowest BCUT2D eigenvalue weighted by Crippen LogP contribution is -2.38. The van der Waals surface area contributed by atoms with E-state index in [0.717, 1.165) is 12.5 Å². The number of carbonyl (C=O) groups excluding carboxylic acids is 1. The van der Waals surface area contributed by atoms with Crippen LogP contribution in [0, 0.1) is 0 Å². The van der Waals surface area contributed by atoms with Gasteiger partial charge in [0.25, 0.3) is 0 Å². The van der Waals surface area contributed by atoms with Gasteiger partial charge in [-0.3, -0.25) is 4.79 Å². The van der Waals surface area contributed by atoms with Crippen molar-refractivity contribution in [1.29, 1.82) is 0 Å². The molecule has 0 aromatic rings. The molecule has 16 heavy (non-hydrogen) atoms. The van der Waals surface area contributed by atoms with Crippen molar-refractivity contribution >= 4 is 14.3 Å². The molecule has 0 aromatic heterocycles. The topological polar surface area (TPSA) is 35.5 Å². The molecule has 94 valence electrons. The van der Waals surface area contributed by atoms with Gasteiger partial charge in [0.2, 0.25) is 0 Å². The van der Waals surface area contributed by atoms with Crippen LogP contribution < -0.4 is 0 Å². The molecule has 0 heterocycles. The molecule has 3 nitrogen and oxygen atoms in total. The van der Waals surface area contributed by atoms with Crippen molar-refractivity contribution in [2.45, 2.75) is 46.2 Å². The number of hydrogen-bond donors (Lipinski definition) is 0. The first-order valence-corrected chi connectivity index (χ1v) is 8.44. The molecule has 0 N–H and O–H groups in total. The van der Waals surface area contributed by atoms with Crippen LogP contribution in [0.15, 0.2) is 12.2 Å². The quantitative estimate of drug-likeness (QED) is 0.462. The van der Waals surface area contributed by atoms with E-state index in [0.29, 0.717) is 25.2 Å². The maximum absolute atomic E-state index is 11.4. The number of carbonyl (C=O) groups is 1. The Morgan fingerprint density at radius 3 is 2.12 bits per heavy atom. The molecule has 0 radical (unpaired) electrons. The SMILES string of the molecule is C=C(C)C(=O)CCC[Si](C)(OCC)OCC. The second-order valence-corrected chi connectivity index (χ2v) is 7.40. The van der Waals surface area contributed by atoms with E-state index in [4.69, 9.17) is 8.85 Å². The summed E-state index contributed by atoms with van der Waals surface area (Å²) in [5.41, 5.74) is 0.635. The first kappa shape index (κ1) is 15.5. The lowest BCUT2D eigenvalue weighted by Gasteiger charge is -2.25. The van der Waals surface area contributed by atoms with Crippen molar-refractivity contribution < 1.29 is 13.6 Å². The lowest BCUT2D eigenvalue weighted by molar-refractivity contribution is -0.115. The van der Waals surface area contributed by atoms with Gasteiger partial charge in [0.1, 0.15) is 0 Å². The van der Waals surface area contributed by atoms with E-state index in [1.165, 1.54) is 0 Å². The fourth-order valence-electron chi connectivity index (χ4n) is 1.58. The van der Waals surface area contributed by atoms with E-state index in [2.05, 4.69) is 13.1 Å². The molecule has 0 aromatic carbocycles. The van der Waals surface area contributed by atoms with Crippen molar-refractivity contribution in [2.24, 2.45) is 0 Å². The Labute approximate surface area is 100 Å². The minimum Gasteiger partial charge on any atom is -0.395 e. The standard InChI is InChI=1S/C12H24O3Si/c1-6-14-16(5,15-7-2)10-8-9-12(13)11(3)4/h3,6-10H2,1-2,4-5H3. The summed E-state index contributed by atoms with van der Waals surface area (Å²) < 4.78 is 11.4. The van der Waals surface area contributed by atoms with Gasteiger partial charge in [0, 0.05) is 19.6 Å². The summed E-state index contributed by atoms with van der Waals surface area (Å²) in [6, 6.07) is 0.869. The molecule has 0 unspecified atom stereocenters. The molecular formula is C12H24O3Si. The summed E-state index contributed by atoms with van der Waals surface area (Å²) in [6.45, 7) is 12.8. The zero-order valence-corrected chi connectivity index (χ0v) is 12.0. The molecule has 0 fully saturated rings. The van der Waals surface area contributed by atoms with E-state index in [1.807, 2.05) is 13.8 Å². The second kappa shape index (κ2) is 7.76. The highest BCUT2D eigenvalue weighted by molar-refractivity contribution is 6.66. The summed E-state index contributed by atoms with van der Waals surface area (Å²) in [6.07, 6.45) is 1.38. The van der Waals surface area contributed by atoms with Gasteiger partial charge in [-0.05, 0) is 45.4 Å². The van der Waals surface area contributed by atoms with Crippen molar-refractivity contribution in [3.63, 3.8) is 0 Å². The minimum atomic E-state index is -2.03. The maximum atomic E-state index is 11.4. The third-order valence-corrected chi connectivity index (χ3v) is 5.47. The third-order valence-electron chi connectivity index (χ3n) is 2.41. The first-order chi connectivity index (χ1) is 7.45. The monoisotopic (exact) mass is 244 g/mol. The van der Waals surface area contributed by atoms with E-state index in [9.17, 15) is 4.79 Å². The number of Topliss-reactive ketones (excluding diaryl/α,β-unsaturated/α-hetero) is 1. The smallest absolute Gasteiger partial charge is 0.334 e. The molecule has 0 aliphatic heterocycles. The van der Waals surface area contributed by atoms with E-state index >= 15 is 0 Å². The molecule has 4 heteroatoms. The van der Waals surface area contributed by atoms with Crippen LogP contribution in [0.2, 0.25) is 12.6 Å². The molecule has 0 bridgehead atoms. The molecule has 0 atom stereocenters. The predicted octanol–water partition coefficient (Wildman–Crippen LogP) is 3.06. The fourth-order valence-corrected chi connectivity index (χ4v) is 3.99. The van der Waals surface area contributed by atoms with Crippen LogP contribution in [-0.4, -0.2) is 27.6 Å². The predicted molar refractivity (Wildman–Crippen MR) is 68.7 cm³/mol. The van der Waals surface area contributed by atoms with E-state index in [-0.39, 0.29) is 5.78 Å². The van der Waals surface area contributed by atoms with Gasteiger partial charge in [-0.25, -0.2) is 0 Å². The number of allylic oxidation sites excluding steroid dienone is 1. The highest BCUT2D eigenvalue weighted by Crippen LogP contribution is 2.17. The van der Waals surface area contributed by atoms with Crippen molar-refractivity contribution in [3.05, 3.63) is 12.2 Å². The van der Waals surface area contributed by atoms with Crippen LogP contribution in [-0.2, 0) is 13.6 Å². The average Bonchev–Trinajstić information content (AvgIpc) is 2.17. The molecule has 0 spiro atoms. The van der Waals surface area contributed by atoms with Crippen molar-refractivity contribution in [3.8, 4) is 0 Å². The third kappa shape index (κ3) is 6.20. The Morgan fingerprint density at radius 1 is 1.25 bits per heavy atom. The fraction of sp³-hybridized carbons (Fsp3) is 0.750. The molecule has 0 rings (SSSR count). The summed E-state index contributed by atoms with van der Waals surface area (Å²) >= 11 is 0. The largest absolute Gasteiger partial charge is 0.395 e. The summed E-state index contributed by atoms with van der Waals surface area (Å²) in [5, 5.41) is 0. The summed E-state index contributed by atoms with van der Waals surface area (Å²) in [5.74, 6) is 0.143. The van der Waals surface area contributed by atoms with Gasteiger partial charge in [0.05, 0.1) is 0 Å². The summed E-state index contributed by atoms with van der Waals surface area (Å²) in [7, 11) is -2.03. The second-order valence-electron chi connectivity index (χ2n) is 4.06. The van der Waals surface area contributed by atoms with Gasteiger partial charge in [-0.1, -0.05) is 6.58 Å². The Kier molecular flexibility index (Phi) is 7.54. The normalized spacial score (nSPS) is 11.5. The van der Waals surface area contributed by atoms with Gasteiger partial charge in [0.15, 0.2) is 5.78 Å². The van der Waals surface area contributed by atoms with Crippen LogP contribution in [0.4, 0.5) is 0 Å². The van der Waals surface area contributed by atoms with E-state index < -0.39 is 8.56 Å². The Morgan fingerprint density at radius 2 is 1.75 bits per heavy atom. The molecule has 0 aliphatic rings. The Balaban J connectivity index is 4.02. The zero-order valence-electron chi connectivity index (χ0n) is 11.0. The van der Waals surface area contributed by atoms with Gasteiger partial charge in [-0.15, -0.1) is 0 Å². The molecule has 0 saturated heterocycles. The van der Waals surface area contributed by atoms with Crippen LogP contribution in [0.1, 0.15) is 33.6 Å². The lowest BCUT2D eigenvalue weighted by atomic mass is 10.1. The van der Waals surface area contributed by atoms with E-state index in [1.54, 1.807) is 6.92 Å². The van der Waals surface area contributed by atoms with Crippen molar-refractivity contribution in [1.82, 2.24) is 0 Å². The first-order valence-electron chi connectivity index (χ1n) is 5.91.